The zero-order valence-corrected chi connectivity index (χ0v) is 30.6. The zero-order chi connectivity index (χ0) is 30.6. The van der Waals surface area contributed by atoms with Gasteiger partial charge < -0.3 is 25.5 Å². The van der Waals surface area contributed by atoms with E-state index in [0.717, 1.165) is 18.2 Å². The third kappa shape index (κ3) is 12.8. The minimum Gasteiger partial charge on any atom is -0.744 e. The fourth-order valence-corrected chi connectivity index (χ4v) is 5.19. The summed E-state index contributed by atoms with van der Waals surface area (Å²) in [4.78, 5) is 15.8. The molecule has 0 aliphatic heterocycles. The number of primary amides is 1. The summed E-state index contributed by atoms with van der Waals surface area (Å²) in [5, 5.41) is 12.1. The van der Waals surface area contributed by atoms with Crippen molar-refractivity contribution in [3.63, 3.8) is 0 Å². The molecule has 3 rings (SSSR count). The number of nitrogens with zero attached hydrogens (tertiary/aromatic N) is 4. The van der Waals surface area contributed by atoms with Gasteiger partial charge in [-0.25, -0.2) is 30.0 Å². The number of nitrogens with one attached hydrogen (secondary N) is 2. The van der Waals surface area contributed by atoms with E-state index in [9.17, 15) is 47.9 Å². The Labute approximate surface area is 328 Å². The van der Waals surface area contributed by atoms with Crippen molar-refractivity contribution in [2.45, 2.75) is 9.79 Å². The number of hydrogen-bond acceptors (Lipinski definition) is 15. The number of nitrogens with two attached hydrogens (primary N) is 1. The van der Waals surface area contributed by atoms with Gasteiger partial charge in [-0.15, -0.1) is 10.2 Å². The van der Waals surface area contributed by atoms with E-state index in [1.54, 1.807) is 0 Å². The molecule has 2 aromatic carbocycles. The smallest absolute Gasteiger partial charge is 0.744 e. The molecule has 0 unspecified atom stereocenters. The van der Waals surface area contributed by atoms with Gasteiger partial charge in [0.15, 0.2) is 9.84 Å². The van der Waals surface area contributed by atoms with Crippen molar-refractivity contribution in [3.8, 4) is 0 Å². The third-order valence-electron chi connectivity index (χ3n) is 4.60. The summed E-state index contributed by atoms with van der Waals surface area (Å²) >= 11 is 0. The Hall–Kier alpha value is -0.947. The van der Waals surface area contributed by atoms with E-state index in [1.807, 2.05) is 0 Å². The quantitative estimate of drug-likeness (QED) is 0.0423. The van der Waals surface area contributed by atoms with Gasteiger partial charge >= 0.3 is 115 Å². The summed E-state index contributed by atoms with van der Waals surface area (Å²) in [5.41, 5.74) is 4.30. The first-order valence-corrected chi connectivity index (χ1v) is 14.8. The Kier molecular flexibility index (Phi) is 15.4. The molecule has 0 atom stereocenters. The molecule has 17 nitrogen and oxygen atoms in total. The molecule has 0 spiro atoms. The Morgan fingerprint density at radius 2 is 1.56 bits per heavy atom. The second kappa shape index (κ2) is 16.6. The van der Waals surface area contributed by atoms with Gasteiger partial charge in [-0.2, -0.15) is 18.7 Å². The molecule has 0 aliphatic rings. The molecular formula is C19H15F2K2N7O10S3. The number of rotatable bonds is 11. The number of aromatic nitrogens is 2. The van der Waals surface area contributed by atoms with Gasteiger partial charge in [0.1, 0.15) is 27.3 Å². The van der Waals surface area contributed by atoms with Crippen LogP contribution in [0.25, 0.3) is 0 Å². The minimum absolute atomic E-state index is 0. The average molecular weight is 714 g/mol. The third-order valence-corrected chi connectivity index (χ3v) is 7.60. The first-order valence-electron chi connectivity index (χ1n) is 10.5. The Morgan fingerprint density at radius 1 is 0.930 bits per heavy atom. The Balaban J connectivity index is 0.00000462. The number of amides is 2. The molecule has 1 heterocycles. The molecule has 2 amide bonds. The molecule has 220 valence electrons. The van der Waals surface area contributed by atoms with Crippen LogP contribution in [0, 0.1) is 12.0 Å². The predicted molar refractivity (Wildman–Crippen MR) is 131 cm³/mol. The second-order valence-corrected chi connectivity index (χ2v) is 12.0. The van der Waals surface area contributed by atoms with Crippen molar-refractivity contribution in [1.29, 1.82) is 0 Å². The number of urea groups is 1. The molecule has 1 aromatic heterocycles. The SMILES string of the molecule is NC(=O)Nc1cc(Nc2cc(F)nc(F)n2)ccc1N=Nc1ccc(S(=O)(=O)CCOS(=O)(=O)[O-])cc1S(=O)(=O)[O-].[K+].[K+]. The predicted octanol–water partition coefficient (Wildman–Crippen LogP) is -4.43. The van der Waals surface area contributed by atoms with E-state index in [4.69, 9.17) is 5.73 Å². The van der Waals surface area contributed by atoms with Crippen LogP contribution >= 0.6 is 0 Å². The summed E-state index contributed by atoms with van der Waals surface area (Å²) in [6, 6.07) is 5.44. The van der Waals surface area contributed by atoms with Crippen LogP contribution in [-0.4, -0.2) is 62.7 Å². The standard InChI is InChI=1S/C19H17F2N7O10S3.2K/c20-16-9-17(26-18(21)25-16)23-10-1-3-12(14(7-10)24-19(22)29)27-28-13-4-2-11(8-15(13)40(32,33)34)39(30,31)6-5-38-41(35,36)37;;/h1-4,7-9H,5-6H2,(H3,22,24,29)(H,23,25,26)(H,32,33,34)(H,35,36,37);;/q;2*+1/p-2. The van der Waals surface area contributed by atoms with Crippen molar-refractivity contribution in [3.05, 3.63) is 54.5 Å². The Morgan fingerprint density at radius 3 is 2.14 bits per heavy atom. The maximum absolute atomic E-state index is 13.3. The van der Waals surface area contributed by atoms with Crippen LogP contribution in [0.5, 0.6) is 0 Å². The number of carbonyl (C=O) groups excluding carboxylic acids is 1. The fourth-order valence-electron chi connectivity index (χ4n) is 2.98. The van der Waals surface area contributed by atoms with Gasteiger partial charge in [0.25, 0.3) is 0 Å². The second-order valence-electron chi connectivity index (χ2n) is 7.52. The topological polar surface area (TPSA) is 275 Å². The van der Waals surface area contributed by atoms with Crippen LogP contribution in [0.15, 0.2) is 62.5 Å². The summed E-state index contributed by atoms with van der Waals surface area (Å²) in [5.74, 6) is -2.52. The molecule has 0 saturated carbocycles. The van der Waals surface area contributed by atoms with E-state index in [1.165, 1.54) is 18.2 Å². The maximum atomic E-state index is 13.3. The van der Waals surface area contributed by atoms with Crippen LogP contribution in [-0.2, 0) is 34.5 Å². The fraction of sp³-hybridized carbons (Fsp3) is 0.105. The van der Waals surface area contributed by atoms with Gasteiger partial charge in [-0.3, -0.25) is 4.18 Å². The number of sulfone groups is 1. The van der Waals surface area contributed by atoms with Crippen molar-refractivity contribution >= 4 is 65.0 Å². The molecule has 3 aromatic rings. The molecule has 4 N–H and O–H groups in total. The van der Waals surface area contributed by atoms with Crippen molar-refractivity contribution in [2.75, 3.05) is 23.0 Å². The van der Waals surface area contributed by atoms with Crippen LogP contribution < -0.4 is 119 Å². The van der Waals surface area contributed by atoms with Gasteiger partial charge in [-0.1, -0.05) is 0 Å². The van der Waals surface area contributed by atoms with Gasteiger partial charge in [0, 0.05) is 11.8 Å². The van der Waals surface area contributed by atoms with Crippen LogP contribution in [0.2, 0.25) is 0 Å². The monoisotopic (exact) mass is 713 g/mol. The number of carbonyl (C=O) groups is 1. The first-order chi connectivity index (χ1) is 18.9. The van der Waals surface area contributed by atoms with E-state index >= 15 is 0 Å². The van der Waals surface area contributed by atoms with Gasteiger partial charge in [0.05, 0.1) is 27.8 Å². The van der Waals surface area contributed by atoms with Crippen molar-refractivity contribution in [2.24, 2.45) is 16.0 Å². The van der Waals surface area contributed by atoms with Gasteiger partial charge in [-0.05, 0) is 36.4 Å². The largest absolute Gasteiger partial charge is 1.00 e. The van der Waals surface area contributed by atoms with Crippen LogP contribution in [0.1, 0.15) is 0 Å². The molecule has 0 saturated heterocycles. The number of benzene rings is 2. The van der Waals surface area contributed by atoms with Crippen molar-refractivity contribution in [1.82, 2.24) is 9.97 Å². The van der Waals surface area contributed by atoms with Gasteiger partial charge in [0.2, 0.25) is 16.3 Å². The molecule has 24 heteroatoms. The first kappa shape index (κ1) is 40.1. The van der Waals surface area contributed by atoms with E-state index in [0.29, 0.717) is 6.07 Å². The number of halogens is 2. The average Bonchev–Trinajstić information content (AvgIpc) is 2.81. The Bertz CT molecular complexity index is 1850. The number of azo groups is 1. The maximum Gasteiger partial charge on any atom is 1.00 e. The summed E-state index contributed by atoms with van der Waals surface area (Å²) in [7, 11) is -15.0. The van der Waals surface area contributed by atoms with E-state index < -0.39 is 76.2 Å². The molecule has 43 heavy (non-hydrogen) atoms. The summed E-state index contributed by atoms with van der Waals surface area (Å²) in [6.07, 6.45) is -1.36. The number of hydrogen-bond donors (Lipinski definition) is 3. The molecule has 0 fully saturated rings. The molecular weight excluding hydrogens is 699 g/mol. The van der Waals surface area contributed by atoms with E-state index in [-0.39, 0.29) is 126 Å². The summed E-state index contributed by atoms with van der Waals surface area (Å²) in [6.45, 7) is -1.07. The molecule has 0 aliphatic carbocycles. The molecule has 0 bridgehead atoms. The summed E-state index contributed by atoms with van der Waals surface area (Å²) < 4.78 is 122. The normalized spacial score (nSPS) is 11.8. The van der Waals surface area contributed by atoms with Crippen LogP contribution in [0.3, 0.4) is 0 Å². The van der Waals surface area contributed by atoms with Crippen LogP contribution in [0.4, 0.5) is 42.1 Å². The minimum atomic E-state index is -5.36. The zero-order valence-electron chi connectivity index (χ0n) is 21.9. The van der Waals surface area contributed by atoms with E-state index in [2.05, 4.69) is 35.0 Å². The number of anilines is 3. The van der Waals surface area contributed by atoms with Crippen molar-refractivity contribution < 1.29 is 155 Å². The molecule has 0 radical (unpaired) electrons.